The average Bonchev–Trinajstić information content (AvgIpc) is 2.33. The van der Waals surface area contributed by atoms with Crippen LogP contribution in [0.25, 0.3) is 5.69 Å². The molecule has 0 saturated heterocycles. The van der Waals surface area contributed by atoms with Crippen molar-refractivity contribution in [2.24, 2.45) is 0 Å². The summed E-state index contributed by atoms with van der Waals surface area (Å²) >= 11 is 0. The van der Waals surface area contributed by atoms with E-state index in [0.29, 0.717) is 0 Å². The van der Waals surface area contributed by atoms with Crippen molar-refractivity contribution in [2.45, 2.75) is 13.8 Å². The van der Waals surface area contributed by atoms with E-state index in [1.807, 2.05) is 38.1 Å². The number of aryl methyl sites for hydroxylation is 1. The maximum absolute atomic E-state index is 12.0. The molecule has 0 aliphatic rings. The Morgan fingerprint density at radius 2 is 1.94 bits per heavy atom. The van der Waals surface area contributed by atoms with Gasteiger partial charge >= 0.3 is 0 Å². The predicted octanol–water partition coefficient (Wildman–Crippen LogP) is 2.33. The van der Waals surface area contributed by atoms with E-state index >= 15 is 0 Å². The fourth-order valence-electron chi connectivity index (χ4n) is 1.77. The number of aromatic nitrogens is 1. The molecule has 0 fully saturated rings. The molecule has 0 amide bonds. The lowest BCUT2D eigenvalue weighted by molar-refractivity contribution is 0.966. The molecule has 1 aromatic heterocycles. The smallest absolute Gasteiger partial charge is 0.272 e. The summed E-state index contributed by atoms with van der Waals surface area (Å²) in [5.74, 6) is 0. The molecule has 0 N–H and O–H groups in total. The van der Waals surface area contributed by atoms with Crippen molar-refractivity contribution < 1.29 is 0 Å². The fraction of sp³-hybridized carbons (Fsp3) is 0.143. The molecule has 0 bridgehead atoms. The van der Waals surface area contributed by atoms with Crippen LogP contribution in [0.15, 0.2) is 41.3 Å². The highest BCUT2D eigenvalue weighted by Crippen LogP contribution is 2.15. The minimum atomic E-state index is -0.274. The normalized spacial score (nSPS) is 9.94. The molecular formula is C14H12N2O. The van der Waals surface area contributed by atoms with Crippen LogP contribution in [0.1, 0.15) is 16.7 Å². The van der Waals surface area contributed by atoms with Gasteiger partial charge in [0.15, 0.2) is 0 Å². The molecule has 0 unspecified atom stereocenters. The highest BCUT2D eigenvalue weighted by atomic mass is 16.1. The molecule has 0 radical (unpaired) electrons. The Kier molecular flexibility index (Phi) is 2.80. The van der Waals surface area contributed by atoms with Crippen molar-refractivity contribution in [1.29, 1.82) is 5.26 Å². The van der Waals surface area contributed by atoms with E-state index in [9.17, 15) is 4.79 Å². The molecule has 3 nitrogen and oxygen atoms in total. The van der Waals surface area contributed by atoms with E-state index < -0.39 is 0 Å². The van der Waals surface area contributed by atoms with Gasteiger partial charge in [0.1, 0.15) is 11.6 Å². The second kappa shape index (κ2) is 4.26. The van der Waals surface area contributed by atoms with Crippen molar-refractivity contribution in [1.82, 2.24) is 4.57 Å². The van der Waals surface area contributed by atoms with Crippen molar-refractivity contribution in [3.63, 3.8) is 0 Å². The number of hydrogen-bond donors (Lipinski definition) is 0. The summed E-state index contributed by atoms with van der Waals surface area (Å²) in [6.45, 7) is 3.97. The van der Waals surface area contributed by atoms with Gasteiger partial charge in [-0.2, -0.15) is 5.26 Å². The van der Waals surface area contributed by atoms with Crippen molar-refractivity contribution in [3.8, 4) is 11.8 Å². The summed E-state index contributed by atoms with van der Waals surface area (Å²) in [6.07, 6.45) is 1.69. The Morgan fingerprint density at radius 3 is 2.65 bits per heavy atom. The Labute approximate surface area is 99.6 Å². The van der Waals surface area contributed by atoms with Crippen LogP contribution in [0.3, 0.4) is 0 Å². The number of rotatable bonds is 1. The van der Waals surface area contributed by atoms with Crippen LogP contribution < -0.4 is 5.56 Å². The van der Waals surface area contributed by atoms with E-state index in [-0.39, 0.29) is 11.1 Å². The zero-order valence-corrected chi connectivity index (χ0v) is 9.77. The molecule has 0 saturated carbocycles. The topological polar surface area (TPSA) is 45.8 Å². The molecule has 0 spiro atoms. The zero-order valence-electron chi connectivity index (χ0n) is 9.77. The predicted molar refractivity (Wildman–Crippen MR) is 66.2 cm³/mol. The average molecular weight is 224 g/mol. The van der Waals surface area contributed by atoms with Crippen LogP contribution in [-0.2, 0) is 0 Å². The summed E-state index contributed by atoms with van der Waals surface area (Å²) in [4.78, 5) is 12.0. The van der Waals surface area contributed by atoms with Crippen LogP contribution in [0, 0.1) is 25.2 Å². The summed E-state index contributed by atoms with van der Waals surface area (Å²) in [5.41, 5.74) is 2.88. The molecule has 0 aliphatic heterocycles. The van der Waals surface area contributed by atoms with Crippen molar-refractivity contribution in [3.05, 3.63) is 63.6 Å². The largest absolute Gasteiger partial charge is 0.283 e. The highest BCUT2D eigenvalue weighted by Gasteiger charge is 2.07. The fourth-order valence-corrected chi connectivity index (χ4v) is 1.77. The Hall–Kier alpha value is -2.34. The Morgan fingerprint density at radius 1 is 1.18 bits per heavy atom. The van der Waals surface area contributed by atoms with Gasteiger partial charge in [0, 0.05) is 6.20 Å². The maximum Gasteiger partial charge on any atom is 0.272 e. The molecule has 2 aromatic rings. The van der Waals surface area contributed by atoms with Crippen LogP contribution in [0.2, 0.25) is 0 Å². The molecule has 84 valence electrons. The van der Waals surface area contributed by atoms with E-state index in [4.69, 9.17) is 5.26 Å². The van der Waals surface area contributed by atoms with Crippen LogP contribution in [0.5, 0.6) is 0 Å². The minimum absolute atomic E-state index is 0.161. The van der Waals surface area contributed by atoms with Gasteiger partial charge in [-0.25, -0.2) is 0 Å². The van der Waals surface area contributed by atoms with Crippen molar-refractivity contribution in [2.75, 3.05) is 0 Å². The van der Waals surface area contributed by atoms with Gasteiger partial charge < -0.3 is 0 Å². The number of nitriles is 1. The maximum atomic E-state index is 12.0. The molecule has 1 heterocycles. The third kappa shape index (κ3) is 1.85. The molecule has 0 atom stereocenters. The Balaban J connectivity index is 2.75. The minimum Gasteiger partial charge on any atom is -0.283 e. The standard InChI is InChI=1S/C14H12N2O/c1-10-5-3-7-13(11(10)2)16-8-4-6-12(9-15)14(16)17/h3-8H,1-2H3. The molecule has 0 aliphatic carbocycles. The second-order valence-electron chi connectivity index (χ2n) is 3.93. The van der Waals surface area contributed by atoms with Crippen molar-refractivity contribution >= 4 is 0 Å². The summed E-state index contributed by atoms with van der Waals surface area (Å²) in [6, 6.07) is 10.9. The molecule has 2 rings (SSSR count). The quantitative estimate of drug-likeness (QED) is 0.746. The monoisotopic (exact) mass is 224 g/mol. The lowest BCUT2D eigenvalue weighted by Crippen LogP contribution is -2.20. The highest BCUT2D eigenvalue weighted by molar-refractivity contribution is 5.45. The van der Waals surface area contributed by atoms with E-state index in [2.05, 4.69) is 0 Å². The third-order valence-corrected chi connectivity index (χ3v) is 2.90. The Bertz CT molecular complexity index is 663. The first kappa shape index (κ1) is 11.2. The van der Waals surface area contributed by atoms with Gasteiger partial charge in [0.2, 0.25) is 0 Å². The molecule has 3 heteroatoms. The first-order chi connectivity index (χ1) is 8.15. The van der Waals surface area contributed by atoms with E-state index in [1.54, 1.807) is 12.3 Å². The van der Waals surface area contributed by atoms with Gasteiger partial charge in [-0.05, 0) is 43.2 Å². The number of hydrogen-bond acceptors (Lipinski definition) is 2. The molecule has 17 heavy (non-hydrogen) atoms. The summed E-state index contributed by atoms with van der Waals surface area (Å²) < 4.78 is 1.51. The molecular weight excluding hydrogens is 212 g/mol. The van der Waals surface area contributed by atoms with Gasteiger partial charge in [0.05, 0.1) is 5.69 Å². The zero-order chi connectivity index (χ0) is 12.4. The van der Waals surface area contributed by atoms with Gasteiger partial charge in [-0.15, -0.1) is 0 Å². The summed E-state index contributed by atoms with van der Waals surface area (Å²) in [7, 11) is 0. The molecule has 1 aromatic carbocycles. The van der Waals surface area contributed by atoms with Crippen LogP contribution in [-0.4, -0.2) is 4.57 Å². The lowest BCUT2D eigenvalue weighted by Gasteiger charge is -2.10. The van der Waals surface area contributed by atoms with E-state index in [0.717, 1.165) is 16.8 Å². The van der Waals surface area contributed by atoms with Crippen LogP contribution in [0.4, 0.5) is 0 Å². The first-order valence-corrected chi connectivity index (χ1v) is 5.33. The van der Waals surface area contributed by atoms with Gasteiger partial charge in [-0.1, -0.05) is 12.1 Å². The van der Waals surface area contributed by atoms with Crippen LogP contribution >= 0.6 is 0 Å². The second-order valence-corrected chi connectivity index (χ2v) is 3.93. The van der Waals surface area contributed by atoms with Gasteiger partial charge in [-0.3, -0.25) is 9.36 Å². The number of benzene rings is 1. The number of pyridine rings is 1. The van der Waals surface area contributed by atoms with E-state index in [1.165, 1.54) is 10.6 Å². The number of nitrogens with zero attached hydrogens (tertiary/aromatic N) is 2. The third-order valence-electron chi connectivity index (χ3n) is 2.90. The summed E-state index contributed by atoms with van der Waals surface area (Å²) in [5, 5.41) is 8.85. The lowest BCUT2D eigenvalue weighted by atomic mass is 10.1. The van der Waals surface area contributed by atoms with Gasteiger partial charge in [0.25, 0.3) is 5.56 Å². The SMILES string of the molecule is Cc1cccc(-n2cccc(C#N)c2=O)c1C. The first-order valence-electron chi connectivity index (χ1n) is 5.33.